The molecule has 3 aliphatic rings. The fraction of sp³-hybridized carbons (Fsp3) is 0.640. The van der Waals surface area contributed by atoms with Gasteiger partial charge in [0.05, 0.1) is 5.69 Å². The number of hydrogen-bond donors (Lipinski definition) is 0. The lowest BCUT2D eigenvalue weighted by atomic mass is 9.37. The number of likely N-dealkylation sites (tertiary alicyclic amines) is 1. The lowest BCUT2D eigenvalue weighted by Gasteiger charge is -2.70. The zero-order valence-electron chi connectivity index (χ0n) is 18.9. The third-order valence-corrected chi connectivity index (χ3v) is 9.38. The second-order valence-corrected chi connectivity index (χ2v) is 10.6. The van der Waals surface area contributed by atoms with Crippen molar-refractivity contribution >= 4 is 0 Å². The molecule has 150 valence electrons. The zero-order chi connectivity index (χ0) is 20.2. The number of aryl methyl sites for hydroxylation is 2. The highest BCUT2D eigenvalue weighted by Crippen LogP contribution is 2.68. The van der Waals surface area contributed by atoms with Gasteiger partial charge in [0.15, 0.2) is 0 Å². The summed E-state index contributed by atoms with van der Waals surface area (Å²) >= 11 is 0. The molecule has 3 atom stereocenters. The van der Waals surface area contributed by atoms with Gasteiger partial charge in [0.25, 0.3) is 0 Å². The molecule has 1 unspecified atom stereocenters. The summed E-state index contributed by atoms with van der Waals surface area (Å²) in [4.78, 5) is 7.81. The fourth-order valence-corrected chi connectivity index (χ4v) is 7.71. The first-order chi connectivity index (χ1) is 13.1. The molecule has 1 aromatic heterocycles. The largest absolute Gasteiger partial charge is 0.335 e. The molecule has 1 aromatic carbocycles. The molecule has 0 radical (unpaired) electrons. The van der Waals surface area contributed by atoms with Gasteiger partial charge in [-0.25, -0.2) is 4.98 Å². The molecule has 2 aromatic rings. The first-order valence-corrected chi connectivity index (χ1v) is 10.9. The minimum Gasteiger partial charge on any atom is -0.335 e. The Labute approximate surface area is 170 Å². The lowest BCUT2D eigenvalue weighted by Crippen LogP contribution is -2.73. The van der Waals surface area contributed by atoms with Crippen LogP contribution in [0, 0.1) is 26.2 Å². The van der Waals surface area contributed by atoms with Crippen LogP contribution in [0.25, 0.3) is 0 Å². The lowest BCUT2D eigenvalue weighted by molar-refractivity contribution is -0.0906. The van der Waals surface area contributed by atoms with Gasteiger partial charge in [-0.2, -0.15) is 0 Å². The first-order valence-electron chi connectivity index (χ1n) is 10.9. The van der Waals surface area contributed by atoms with Gasteiger partial charge in [-0.15, -0.1) is 0 Å². The van der Waals surface area contributed by atoms with E-state index in [1.807, 2.05) is 0 Å². The Kier molecular flexibility index (Phi) is 3.49. The minimum atomic E-state index is 0.00852. The maximum absolute atomic E-state index is 5.16. The molecule has 28 heavy (non-hydrogen) atoms. The summed E-state index contributed by atoms with van der Waals surface area (Å²) < 4.78 is 2.36. The van der Waals surface area contributed by atoms with E-state index in [4.69, 9.17) is 4.98 Å². The fourth-order valence-electron chi connectivity index (χ4n) is 7.71. The third kappa shape index (κ3) is 1.79. The Morgan fingerprint density at radius 3 is 2.50 bits per heavy atom. The average molecular weight is 378 g/mol. The first kappa shape index (κ1) is 18.4. The maximum Gasteiger partial charge on any atom is 0.105 e. The second-order valence-electron chi connectivity index (χ2n) is 10.6. The van der Waals surface area contributed by atoms with Crippen molar-refractivity contribution in [3.05, 3.63) is 51.6 Å². The predicted molar refractivity (Wildman–Crippen MR) is 115 cm³/mol. The Balaban J connectivity index is 1.93. The number of piperidine rings is 1. The van der Waals surface area contributed by atoms with Gasteiger partial charge in [0, 0.05) is 29.6 Å². The van der Waals surface area contributed by atoms with Crippen LogP contribution in [0.2, 0.25) is 0 Å². The third-order valence-electron chi connectivity index (χ3n) is 9.38. The van der Waals surface area contributed by atoms with Crippen LogP contribution in [-0.2, 0) is 30.7 Å². The summed E-state index contributed by atoms with van der Waals surface area (Å²) in [5, 5.41) is 0. The van der Waals surface area contributed by atoms with Crippen LogP contribution in [0.1, 0.15) is 66.7 Å². The molecule has 1 aliphatic heterocycles. The van der Waals surface area contributed by atoms with Crippen LogP contribution in [0.4, 0.5) is 0 Å². The van der Waals surface area contributed by atoms with Crippen LogP contribution >= 0.6 is 0 Å². The molecule has 2 aliphatic carbocycles. The van der Waals surface area contributed by atoms with E-state index >= 15 is 0 Å². The highest BCUT2D eigenvalue weighted by Gasteiger charge is 2.69. The van der Waals surface area contributed by atoms with E-state index in [2.05, 4.69) is 77.2 Å². The molecule has 2 bridgehead atoms. The number of hydrogen-bond acceptors (Lipinski definition) is 2. The molecule has 5 rings (SSSR count). The molecule has 1 saturated heterocycles. The van der Waals surface area contributed by atoms with Crippen molar-refractivity contribution in [3.8, 4) is 0 Å². The predicted octanol–water partition coefficient (Wildman–Crippen LogP) is 4.38. The number of aromatic nitrogens is 2. The minimum absolute atomic E-state index is 0.00852. The SMILES string of the molecule is Cc1ccc2c(c1C)[C@]13CCN(C)C(C2)[C@]1(C)Cc1c(nc(C)n1C)C3(C)C. The quantitative estimate of drug-likeness (QED) is 0.679. The van der Waals surface area contributed by atoms with Crippen molar-refractivity contribution in [2.45, 2.75) is 77.7 Å². The van der Waals surface area contributed by atoms with Gasteiger partial charge in [0.1, 0.15) is 5.82 Å². The van der Waals surface area contributed by atoms with Gasteiger partial charge in [-0.3, -0.25) is 0 Å². The molecule has 3 nitrogen and oxygen atoms in total. The van der Waals surface area contributed by atoms with E-state index < -0.39 is 0 Å². The van der Waals surface area contributed by atoms with E-state index in [9.17, 15) is 0 Å². The molecule has 0 amide bonds. The van der Waals surface area contributed by atoms with Crippen molar-refractivity contribution in [1.29, 1.82) is 0 Å². The van der Waals surface area contributed by atoms with Crippen LogP contribution in [0.15, 0.2) is 12.1 Å². The number of imidazole rings is 1. The van der Waals surface area contributed by atoms with E-state index in [1.165, 1.54) is 41.9 Å². The van der Waals surface area contributed by atoms with Gasteiger partial charge in [-0.05, 0) is 81.3 Å². The zero-order valence-corrected chi connectivity index (χ0v) is 18.9. The van der Waals surface area contributed by atoms with Crippen molar-refractivity contribution < 1.29 is 0 Å². The van der Waals surface area contributed by atoms with Gasteiger partial charge in [-0.1, -0.05) is 32.9 Å². The maximum atomic E-state index is 5.16. The Morgan fingerprint density at radius 2 is 1.79 bits per heavy atom. The van der Waals surface area contributed by atoms with Crippen LogP contribution < -0.4 is 0 Å². The van der Waals surface area contributed by atoms with Crippen LogP contribution in [-0.4, -0.2) is 34.1 Å². The molecule has 2 heterocycles. The van der Waals surface area contributed by atoms with E-state index in [0.29, 0.717) is 6.04 Å². The summed E-state index contributed by atoms with van der Waals surface area (Å²) in [6, 6.07) is 5.36. The van der Waals surface area contributed by atoms with Crippen LogP contribution in [0.3, 0.4) is 0 Å². The molecule has 3 heteroatoms. The summed E-state index contributed by atoms with van der Waals surface area (Å²) in [5.41, 5.74) is 9.38. The van der Waals surface area contributed by atoms with Crippen molar-refractivity contribution in [2.24, 2.45) is 12.5 Å². The number of likely N-dealkylation sites (N-methyl/N-ethyl adjacent to an activating group) is 1. The van der Waals surface area contributed by atoms with Gasteiger partial charge < -0.3 is 9.47 Å². The van der Waals surface area contributed by atoms with Crippen molar-refractivity contribution in [1.82, 2.24) is 14.5 Å². The van der Waals surface area contributed by atoms with Crippen molar-refractivity contribution in [2.75, 3.05) is 13.6 Å². The Morgan fingerprint density at radius 1 is 1.07 bits per heavy atom. The summed E-state index contributed by atoms with van der Waals surface area (Å²) in [6.45, 7) is 15.6. The van der Waals surface area contributed by atoms with E-state index in [1.54, 1.807) is 11.1 Å². The summed E-state index contributed by atoms with van der Waals surface area (Å²) in [7, 11) is 4.56. The van der Waals surface area contributed by atoms with Gasteiger partial charge >= 0.3 is 0 Å². The normalized spacial score (nSPS) is 33.2. The molecule has 0 spiro atoms. The molecule has 0 N–H and O–H groups in total. The standard InChI is InChI=1S/C25H35N3/c1-15-9-10-18-13-20-24(6)14-19-22(26-17(3)28(19)8)23(4,5)25(24,11-12-27(20)7)21(18)16(15)2/h9-10,20H,11-14H2,1-8H3/t20?,24-,25-/m0/s1. The highest BCUT2D eigenvalue weighted by atomic mass is 15.2. The Bertz CT molecular complexity index is 998. The van der Waals surface area contributed by atoms with Gasteiger partial charge in [0.2, 0.25) is 0 Å². The number of benzene rings is 1. The summed E-state index contributed by atoms with van der Waals surface area (Å²) in [6.07, 6.45) is 3.52. The van der Waals surface area contributed by atoms with E-state index in [-0.39, 0.29) is 16.2 Å². The monoisotopic (exact) mass is 377 g/mol. The highest BCUT2D eigenvalue weighted by molar-refractivity contribution is 5.56. The Hall–Kier alpha value is -1.61. The smallest absolute Gasteiger partial charge is 0.105 e. The second kappa shape index (κ2) is 5.30. The molecule has 0 saturated carbocycles. The average Bonchev–Trinajstić information content (AvgIpc) is 2.90. The summed E-state index contributed by atoms with van der Waals surface area (Å²) in [5.74, 6) is 1.15. The number of nitrogens with zero attached hydrogens (tertiary/aromatic N) is 3. The number of rotatable bonds is 0. The topological polar surface area (TPSA) is 21.1 Å². The number of fused-ring (bicyclic) bond motifs is 2. The van der Waals surface area contributed by atoms with Crippen LogP contribution in [0.5, 0.6) is 0 Å². The van der Waals surface area contributed by atoms with E-state index in [0.717, 1.165) is 12.2 Å². The molecular formula is C25H35N3. The van der Waals surface area contributed by atoms with Crippen molar-refractivity contribution in [3.63, 3.8) is 0 Å². The molecular weight excluding hydrogens is 342 g/mol. The molecule has 1 fully saturated rings.